The molecule has 94 valence electrons. The zero-order chi connectivity index (χ0) is 11.5. The summed E-state index contributed by atoms with van der Waals surface area (Å²) >= 11 is 0. The van der Waals surface area contributed by atoms with Crippen LogP contribution in [0.25, 0.3) is 5.65 Å². The zero-order valence-corrected chi connectivity index (χ0v) is 11.1. The number of imidazole rings is 1. The Kier molecular flexibility index (Phi) is 4.93. The van der Waals surface area contributed by atoms with Crippen LogP contribution in [0, 0.1) is 6.92 Å². The second-order valence-corrected chi connectivity index (χ2v) is 4.23. The Labute approximate surface area is 108 Å². The molecule has 17 heavy (non-hydrogen) atoms. The largest absolute Gasteiger partial charge is 0.329 e. The summed E-state index contributed by atoms with van der Waals surface area (Å²) < 4.78 is 2.07. The normalized spacial score (nSPS) is 10.8. The average Bonchev–Trinajstić information content (AvgIpc) is 2.59. The standard InChI is InChI=1S/C12H18N4.ClH/c1-10-3-4-12-14-11(9-16(12)7-10)8-15(2)6-5-13;/h3-4,7,9H,5-6,8,13H2,1-2H3;1H. The molecule has 0 spiro atoms. The molecule has 2 aromatic heterocycles. The quantitative estimate of drug-likeness (QED) is 0.899. The summed E-state index contributed by atoms with van der Waals surface area (Å²) in [6, 6.07) is 4.12. The lowest BCUT2D eigenvalue weighted by Crippen LogP contribution is -2.25. The first kappa shape index (κ1) is 14.0. The minimum Gasteiger partial charge on any atom is -0.329 e. The number of nitrogens with two attached hydrogens (primary N) is 1. The lowest BCUT2D eigenvalue weighted by Gasteiger charge is -2.12. The van der Waals surface area contributed by atoms with Gasteiger partial charge in [-0.05, 0) is 25.6 Å². The molecule has 0 aromatic carbocycles. The van der Waals surface area contributed by atoms with Crippen LogP contribution in [0.4, 0.5) is 0 Å². The second-order valence-electron chi connectivity index (χ2n) is 4.23. The van der Waals surface area contributed by atoms with Crippen molar-refractivity contribution in [2.45, 2.75) is 13.5 Å². The fraction of sp³-hybridized carbons (Fsp3) is 0.417. The van der Waals surface area contributed by atoms with Crippen LogP contribution < -0.4 is 5.73 Å². The molecule has 2 rings (SSSR count). The van der Waals surface area contributed by atoms with E-state index in [9.17, 15) is 0 Å². The number of hydrogen-bond donors (Lipinski definition) is 1. The number of rotatable bonds is 4. The van der Waals surface area contributed by atoms with Crippen LogP contribution in [-0.4, -0.2) is 34.4 Å². The van der Waals surface area contributed by atoms with E-state index in [-0.39, 0.29) is 12.4 Å². The summed E-state index contributed by atoms with van der Waals surface area (Å²) in [5.74, 6) is 0. The Hall–Kier alpha value is -1.10. The molecule has 0 atom stereocenters. The molecule has 0 aliphatic carbocycles. The highest BCUT2D eigenvalue weighted by Crippen LogP contribution is 2.08. The molecule has 5 heteroatoms. The maximum Gasteiger partial charge on any atom is 0.137 e. The van der Waals surface area contributed by atoms with Crippen molar-refractivity contribution < 1.29 is 0 Å². The van der Waals surface area contributed by atoms with Gasteiger partial charge in [0.15, 0.2) is 0 Å². The maximum atomic E-state index is 5.51. The fourth-order valence-electron chi connectivity index (χ4n) is 1.81. The molecule has 0 unspecified atom stereocenters. The predicted molar refractivity (Wildman–Crippen MR) is 72.6 cm³/mol. The van der Waals surface area contributed by atoms with Gasteiger partial charge in [-0.2, -0.15) is 0 Å². The number of aromatic nitrogens is 2. The maximum absolute atomic E-state index is 5.51. The predicted octanol–water partition coefficient (Wildman–Crippen LogP) is 1.46. The molecular formula is C12H19ClN4. The van der Waals surface area contributed by atoms with E-state index >= 15 is 0 Å². The van der Waals surface area contributed by atoms with Gasteiger partial charge < -0.3 is 10.1 Å². The van der Waals surface area contributed by atoms with Crippen LogP contribution in [0.5, 0.6) is 0 Å². The van der Waals surface area contributed by atoms with Crippen molar-refractivity contribution in [1.29, 1.82) is 0 Å². The highest BCUT2D eigenvalue weighted by Gasteiger charge is 2.04. The molecule has 0 aliphatic rings. The first-order valence-corrected chi connectivity index (χ1v) is 5.52. The van der Waals surface area contributed by atoms with E-state index in [1.165, 1.54) is 5.56 Å². The minimum absolute atomic E-state index is 0. The summed E-state index contributed by atoms with van der Waals surface area (Å²) in [4.78, 5) is 6.73. The third-order valence-electron chi connectivity index (χ3n) is 2.59. The molecule has 2 heterocycles. The number of aryl methyl sites for hydroxylation is 1. The SMILES string of the molecule is Cc1ccc2nc(CN(C)CCN)cn2c1.Cl. The first-order valence-electron chi connectivity index (χ1n) is 5.52. The number of hydrogen-bond acceptors (Lipinski definition) is 3. The minimum atomic E-state index is 0. The molecule has 0 saturated heterocycles. The topological polar surface area (TPSA) is 46.6 Å². The van der Waals surface area contributed by atoms with E-state index < -0.39 is 0 Å². The van der Waals surface area contributed by atoms with E-state index in [1.54, 1.807) is 0 Å². The smallest absolute Gasteiger partial charge is 0.137 e. The Morgan fingerprint density at radius 3 is 2.82 bits per heavy atom. The third-order valence-corrected chi connectivity index (χ3v) is 2.59. The summed E-state index contributed by atoms with van der Waals surface area (Å²) in [6.45, 7) is 4.51. The highest BCUT2D eigenvalue weighted by molar-refractivity contribution is 5.85. The summed E-state index contributed by atoms with van der Waals surface area (Å²) in [7, 11) is 2.06. The van der Waals surface area contributed by atoms with Gasteiger partial charge in [0.05, 0.1) is 5.69 Å². The lowest BCUT2D eigenvalue weighted by atomic mass is 10.3. The van der Waals surface area contributed by atoms with Crippen molar-refractivity contribution in [3.8, 4) is 0 Å². The van der Waals surface area contributed by atoms with Gasteiger partial charge in [-0.15, -0.1) is 12.4 Å². The molecule has 0 amide bonds. The molecule has 2 N–H and O–H groups in total. The van der Waals surface area contributed by atoms with Crippen LogP contribution in [0.15, 0.2) is 24.5 Å². The lowest BCUT2D eigenvalue weighted by molar-refractivity contribution is 0.333. The number of pyridine rings is 1. The van der Waals surface area contributed by atoms with E-state index in [1.807, 2.05) is 6.07 Å². The molecule has 0 aliphatic heterocycles. The van der Waals surface area contributed by atoms with Crippen LogP contribution >= 0.6 is 12.4 Å². The monoisotopic (exact) mass is 254 g/mol. The number of halogens is 1. The average molecular weight is 255 g/mol. The van der Waals surface area contributed by atoms with Crippen LogP contribution in [0.2, 0.25) is 0 Å². The van der Waals surface area contributed by atoms with E-state index in [0.717, 1.165) is 24.4 Å². The molecular weight excluding hydrogens is 236 g/mol. The summed E-state index contributed by atoms with van der Waals surface area (Å²) in [5.41, 5.74) is 8.84. The van der Waals surface area contributed by atoms with Gasteiger partial charge in [0, 0.05) is 32.0 Å². The molecule has 0 bridgehead atoms. The van der Waals surface area contributed by atoms with E-state index in [4.69, 9.17) is 5.73 Å². The van der Waals surface area contributed by atoms with Gasteiger partial charge in [0.1, 0.15) is 5.65 Å². The van der Waals surface area contributed by atoms with Gasteiger partial charge in [-0.1, -0.05) is 6.07 Å². The molecule has 0 radical (unpaired) electrons. The summed E-state index contributed by atoms with van der Waals surface area (Å²) in [6.07, 6.45) is 4.17. The zero-order valence-electron chi connectivity index (χ0n) is 10.3. The molecule has 0 saturated carbocycles. The van der Waals surface area contributed by atoms with Gasteiger partial charge in [-0.25, -0.2) is 4.98 Å². The number of likely N-dealkylation sites (N-methyl/N-ethyl adjacent to an activating group) is 1. The Morgan fingerprint density at radius 1 is 1.35 bits per heavy atom. The second kappa shape index (κ2) is 6.00. The van der Waals surface area contributed by atoms with Gasteiger partial charge in [0.2, 0.25) is 0 Å². The highest BCUT2D eigenvalue weighted by atomic mass is 35.5. The molecule has 2 aromatic rings. The van der Waals surface area contributed by atoms with Crippen molar-refractivity contribution >= 4 is 18.1 Å². The first-order chi connectivity index (χ1) is 7.69. The molecule has 0 fully saturated rings. The van der Waals surface area contributed by atoms with E-state index in [2.05, 4.69) is 46.7 Å². The molecule has 4 nitrogen and oxygen atoms in total. The van der Waals surface area contributed by atoms with Crippen LogP contribution in [0.3, 0.4) is 0 Å². The van der Waals surface area contributed by atoms with Crippen molar-refractivity contribution in [1.82, 2.24) is 14.3 Å². The van der Waals surface area contributed by atoms with Crippen molar-refractivity contribution in [3.05, 3.63) is 35.8 Å². The fourth-order valence-corrected chi connectivity index (χ4v) is 1.81. The Morgan fingerprint density at radius 2 is 2.12 bits per heavy atom. The van der Waals surface area contributed by atoms with Gasteiger partial charge in [0.25, 0.3) is 0 Å². The number of fused-ring (bicyclic) bond motifs is 1. The van der Waals surface area contributed by atoms with Crippen molar-refractivity contribution in [2.24, 2.45) is 5.73 Å². The Bertz CT molecular complexity index is 480. The van der Waals surface area contributed by atoms with Crippen LogP contribution in [0.1, 0.15) is 11.3 Å². The van der Waals surface area contributed by atoms with Crippen LogP contribution in [-0.2, 0) is 6.54 Å². The third kappa shape index (κ3) is 3.43. The Balaban J connectivity index is 0.00000144. The van der Waals surface area contributed by atoms with Crippen molar-refractivity contribution in [3.63, 3.8) is 0 Å². The summed E-state index contributed by atoms with van der Waals surface area (Å²) in [5, 5.41) is 0. The van der Waals surface area contributed by atoms with Gasteiger partial charge in [-0.3, -0.25) is 4.90 Å². The van der Waals surface area contributed by atoms with Crippen molar-refractivity contribution in [2.75, 3.05) is 20.1 Å². The van der Waals surface area contributed by atoms with Gasteiger partial charge >= 0.3 is 0 Å². The number of nitrogens with zero attached hydrogens (tertiary/aromatic N) is 3. The van der Waals surface area contributed by atoms with E-state index in [0.29, 0.717) is 6.54 Å².